The minimum Gasteiger partial charge on any atom is -0.481 e. The Bertz CT molecular complexity index is 919. The minimum atomic E-state index is 0.666. The van der Waals surface area contributed by atoms with Crippen molar-refractivity contribution < 1.29 is 4.74 Å². The van der Waals surface area contributed by atoms with Crippen LogP contribution in [0.15, 0.2) is 47.5 Å². The maximum absolute atomic E-state index is 5.40. The number of hydrogen-bond acceptors (Lipinski definition) is 6. The predicted octanol–water partition coefficient (Wildman–Crippen LogP) is 3.26. The number of methoxy groups -OCH3 is 1. The SMILES string of the molecule is COc1ncc(Br)cc1CN1CCc2cnc(-c3ccncc3)nc2C1. The van der Waals surface area contributed by atoms with Gasteiger partial charge in [-0.25, -0.2) is 15.0 Å². The molecule has 3 aromatic rings. The molecule has 0 unspecified atom stereocenters. The van der Waals surface area contributed by atoms with Gasteiger partial charge in [-0.3, -0.25) is 9.88 Å². The molecule has 4 rings (SSSR count). The van der Waals surface area contributed by atoms with Crippen LogP contribution in [0.5, 0.6) is 5.88 Å². The Kier molecular flexibility index (Phi) is 4.90. The lowest BCUT2D eigenvalue weighted by Gasteiger charge is -2.28. The number of halogens is 1. The van der Waals surface area contributed by atoms with Crippen molar-refractivity contribution in [3.05, 3.63) is 64.3 Å². The second-order valence-corrected chi connectivity index (χ2v) is 7.10. The van der Waals surface area contributed by atoms with Crippen molar-refractivity contribution in [2.24, 2.45) is 0 Å². The second-order valence-electron chi connectivity index (χ2n) is 6.18. The number of nitrogens with zero attached hydrogens (tertiary/aromatic N) is 5. The standard InChI is InChI=1S/C19H18BrN5O/c1-26-19-15(8-16(20)10-23-19)11-25-7-4-14-9-22-18(24-17(14)12-25)13-2-5-21-6-3-13/h2-3,5-6,8-10H,4,7,11-12H2,1H3. The molecular formula is C19H18BrN5O. The van der Waals surface area contributed by atoms with E-state index in [-0.39, 0.29) is 0 Å². The van der Waals surface area contributed by atoms with Crippen molar-refractivity contribution >= 4 is 15.9 Å². The Morgan fingerprint density at radius 2 is 2.04 bits per heavy atom. The van der Waals surface area contributed by atoms with Crippen molar-refractivity contribution in [2.45, 2.75) is 19.5 Å². The zero-order valence-electron chi connectivity index (χ0n) is 14.4. The Morgan fingerprint density at radius 1 is 1.19 bits per heavy atom. The molecule has 0 N–H and O–H groups in total. The molecule has 7 heteroatoms. The lowest BCUT2D eigenvalue weighted by molar-refractivity contribution is 0.236. The third kappa shape index (κ3) is 3.59. The van der Waals surface area contributed by atoms with Gasteiger partial charge in [-0.05, 0) is 46.1 Å². The van der Waals surface area contributed by atoms with Gasteiger partial charge in [0, 0.05) is 60.0 Å². The molecule has 0 radical (unpaired) electrons. The van der Waals surface area contributed by atoms with E-state index in [0.717, 1.165) is 53.2 Å². The minimum absolute atomic E-state index is 0.666. The fourth-order valence-corrected chi connectivity index (χ4v) is 3.52. The van der Waals surface area contributed by atoms with Gasteiger partial charge in [-0.15, -0.1) is 0 Å². The summed E-state index contributed by atoms with van der Waals surface area (Å²) in [5.74, 6) is 1.41. The molecule has 3 aromatic heterocycles. The summed E-state index contributed by atoms with van der Waals surface area (Å²) in [6, 6.07) is 5.92. The smallest absolute Gasteiger partial charge is 0.217 e. The lowest BCUT2D eigenvalue weighted by atomic mass is 10.1. The van der Waals surface area contributed by atoms with Crippen LogP contribution in [-0.4, -0.2) is 38.5 Å². The maximum Gasteiger partial charge on any atom is 0.217 e. The van der Waals surface area contributed by atoms with Crippen LogP contribution in [0.2, 0.25) is 0 Å². The highest BCUT2D eigenvalue weighted by molar-refractivity contribution is 9.10. The summed E-state index contributed by atoms with van der Waals surface area (Å²) in [6.45, 7) is 2.51. The number of aromatic nitrogens is 4. The highest BCUT2D eigenvalue weighted by Gasteiger charge is 2.20. The van der Waals surface area contributed by atoms with E-state index >= 15 is 0 Å². The van der Waals surface area contributed by atoms with E-state index in [1.54, 1.807) is 25.7 Å². The lowest BCUT2D eigenvalue weighted by Crippen LogP contribution is -2.31. The van der Waals surface area contributed by atoms with Gasteiger partial charge in [-0.1, -0.05) is 0 Å². The highest BCUT2D eigenvalue weighted by atomic mass is 79.9. The van der Waals surface area contributed by atoms with Crippen LogP contribution in [0.25, 0.3) is 11.4 Å². The Labute approximate surface area is 160 Å². The largest absolute Gasteiger partial charge is 0.481 e. The summed E-state index contributed by atoms with van der Waals surface area (Å²) in [5.41, 5.74) is 4.35. The third-order valence-corrected chi connectivity index (χ3v) is 4.88. The summed E-state index contributed by atoms with van der Waals surface area (Å²) >= 11 is 3.49. The van der Waals surface area contributed by atoms with E-state index in [2.05, 4.69) is 41.8 Å². The van der Waals surface area contributed by atoms with Gasteiger partial charge in [0.15, 0.2) is 5.82 Å². The van der Waals surface area contributed by atoms with Gasteiger partial charge in [-0.2, -0.15) is 0 Å². The normalized spacial score (nSPS) is 14.1. The van der Waals surface area contributed by atoms with Gasteiger partial charge in [0.25, 0.3) is 0 Å². The van der Waals surface area contributed by atoms with Crippen LogP contribution >= 0.6 is 15.9 Å². The van der Waals surface area contributed by atoms with Crippen LogP contribution < -0.4 is 4.74 Å². The molecule has 4 heterocycles. The van der Waals surface area contributed by atoms with Crippen LogP contribution in [0.4, 0.5) is 0 Å². The Hall–Kier alpha value is -2.38. The highest BCUT2D eigenvalue weighted by Crippen LogP contribution is 2.25. The van der Waals surface area contributed by atoms with E-state index in [9.17, 15) is 0 Å². The molecule has 0 spiro atoms. The molecule has 0 amide bonds. The second kappa shape index (κ2) is 7.47. The molecule has 1 aliphatic heterocycles. The first-order valence-corrected chi connectivity index (χ1v) is 9.18. The van der Waals surface area contributed by atoms with Crippen molar-refractivity contribution in [2.75, 3.05) is 13.7 Å². The molecule has 6 nitrogen and oxygen atoms in total. The average Bonchev–Trinajstić information content (AvgIpc) is 2.68. The summed E-state index contributed by atoms with van der Waals surface area (Å²) in [6.07, 6.45) is 8.17. The van der Waals surface area contributed by atoms with Crippen molar-refractivity contribution in [3.8, 4) is 17.3 Å². The molecule has 132 valence electrons. The topological polar surface area (TPSA) is 64.0 Å². The molecule has 0 atom stereocenters. The van der Waals surface area contributed by atoms with Crippen molar-refractivity contribution in [1.29, 1.82) is 0 Å². The Balaban J connectivity index is 1.57. The summed E-state index contributed by atoms with van der Waals surface area (Å²) in [5, 5.41) is 0. The first-order valence-electron chi connectivity index (χ1n) is 8.39. The van der Waals surface area contributed by atoms with E-state index in [1.807, 2.05) is 18.3 Å². The molecule has 26 heavy (non-hydrogen) atoms. The van der Waals surface area contributed by atoms with Crippen LogP contribution in [0.3, 0.4) is 0 Å². The van der Waals surface area contributed by atoms with E-state index in [0.29, 0.717) is 5.88 Å². The third-order valence-electron chi connectivity index (χ3n) is 4.44. The zero-order valence-corrected chi connectivity index (χ0v) is 16.0. The van der Waals surface area contributed by atoms with Crippen LogP contribution in [-0.2, 0) is 19.5 Å². The monoisotopic (exact) mass is 411 g/mol. The molecule has 0 saturated carbocycles. The molecule has 0 fully saturated rings. The van der Waals surface area contributed by atoms with Gasteiger partial charge < -0.3 is 4.74 Å². The predicted molar refractivity (Wildman–Crippen MR) is 102 cm³/mol. The molecule has 0 saturated heterocycles. The Morgan fingerprint density at radius 3 is 2.85 bits per heavy atom. The van der Waals surface area contributed by atoms with E-state index in [4.69, 9.17) is 9.72 Å². The number of fused-ring (bicyclic) bond motifs is 1. The average molecular weight is 412 g/mol. The van der Waals surface area contributed by atoms with Crippen molar-refractivity contribution in [3.63, 3.8) is 0 Å². The molecule has 0 aliphatic carbocycles. The van der Waals surface area contributed by atoms with Gasteiger partial charge in [0.05, 0.1) is 12.8 Å². The number of rotatable bonds is 4. The maximum atomic E-state index is 5.40. The fourth-order valence-electron chi connectivity index (χ4n) is 3.14. The fraction of sp³-hybridized carbons (Fsp3) is 0.263. The summed E-state index contributed by atoms with van der Waals surface area (Å²) in [4.78, 5) is 20.1. The van der Waals surface area contributed by atoms with E-state index < -0.39 is 0 Å². The number of hydrogen-bond donors (Lipinski definition) is 0. The van der Waals surface area contributed by atoms with Gasteiger partial charge in [0.2, 0.25) is 5.88 Å². The number of ether oxygens (including phenoxy) is 1. The van der Waals surface area contributed by atoms with Gasteiger partial charge in [0.1, 0.15) is 0 Å². The summed E-state index contributed by atoms with van der Waals surface area (Å²) in [7, 11) is 1.65. The molecule has 1 aliphatic rings. The quantitative estimate of drug-likeness (QED) is 0.656. The van der Waals surface area contributed by atoms with Crippen LogP contribution in [0.1, 0.15) is 16.8 Å². The van der Waals surface area contributed by atoms with E-state index in [1.165, 1.54) is 5.56 Å². The first-order chi connectivity index (χ1) is 12.7. The van der Waals surface area contributed by atoms with Crippen molar-refractivity contribution in [1.82, 2.24) is 24.8 Å². The first kappa shape index (κ1) is 17.1. The zero-order chi connectivity index (χ0) is 17.9. The molecule has 0 bridgehead atoms. The summed E-state index contributed by atoms with van der Waals surface area (Å²) < 4.78 is 6.35. The molecule has 0 aromatic carbocycles. The molecular weight excluding hydrogens is 394 g/mol. The van der Waals surface area contributed by atoms with Gasteiger partial charge >= 0.3 is 0 Å². The van der Waals surface area contributed by atoms with Crippen LogP contribution in [0, 0.1) is 0 Å². The number of pyridine rings is 2.